The normalized spacial score (nSPS) is 11.5. The van der Waals surface area contributed by atoms with Crippen molar-refractivity contribution >= 4 is 15.9 Å². The van der Waals surface area contributed by atoms with Crippen molar-refractivity contribution in [2.24, 2.45) is 0 Å². The van der Waals surface area contributed by atoms with Crippen LogP contribution in [0.25, 0.3) is 22.6 Å². The summed E-state index contributed by atoms with van der Waals surface area (Å²) < 4.78 is 64.9. The molecule has 0 saturated carbocycles. The fourth-order valence-electron chi connectivity index (χ4n) is 3.23. The summed E-state index contributed by atoms with van der Waals surface area (Å²) in [7, 11) is 1.49. The van der Waals surface area contributed by atoms with Gasteiger partial charge in [0.05, 0.1) is 24.6 Å². The van der Waals surface area contributed by atoms with Crippen molar-refractivity contribution in [3.63, 3.8) is 0 Å². The zero-order chi connectivity index (χ0) is 23.6. The van der Waals surface area contributed by atoms with Gasteiger partial charge in [-0.25, -0.2) is 9.37 Å². The lowest BCUT2D eigenvalue weighted by Crippen LogP contribution is -2.04. The second-order valence-electron chi connectivity index (χ2n) is 7.11. The van der Waals surface area contributed by atoms with Crippen LogP contribution in [-0.4, -0.2) is 17.1 Å². The van der Waals surface area contributed by atoms with Crippen LogP contribution in [0.5, 0.6) is 11.5 Å². The second-order valence-corrected chi connectivity index (χ2v) is 8.03. The van der Waals surface area contributed by atoms with Crippen LogP contribution < -0.4 is 9.47 Å². The van der Waals surface area contributed by atoms with E-state index in [-0.39, 0.29) is 12.4 Å². The van der Waals surface area contributed by atoms with Gasteiger partial charge in [0, 0.05) is 27.2 Å². The molecule has 4 aromatic rings. The molecule has 4 nitrogen and oxygen atoms in total. The minimum absolute atomic E-state index is 0.0331. The summed E-state index contributed by atoms with van der Waals surface area (Å²) in [5.74, 6) is 0.843. The van der Waals surface area contributed by atoms with Gasteiger partial charge in [0.2, 0.25) is 0 Å². The highest BCUT2D eigenvalue weighted by Crippen LogP contribution is 2.35. The van der Waals surface area contributed by atoms with E-state index in [1.807, 2.05) is 0 Å². The Morgan fingerprint density at radius 2 is 1.85 bits per heavy atom. The molecule has 0 bridgehead atoms. The number of nitrogens with one attached hydrogen (secondary N) is 1. The van der Waals surface area contributed by atoms with Crippen LogP contribution in [0.15, 0.2) is 71.3 Å². The summed E-state index contributed by atoms with van der Waals surface area (Å²) in [4.78, 5) is 7.26. The van der Waals surface area contributed by atoms with E-state index in [2.05, 4.69) is 25.9 Å². The molecule has 0 aliphatic rings. The van der Waals surface area contributed by atoms with Crippen LogP contribution in [0.4, 0.5) is 17.6 Å². The largest absolute Gasteiger partial charge is 0.496 e. The molecule has 0 unspecified atom stereocenters. The number of alkyl halides is 3. The SMILES string of the molecule is COc1cc(OCc2ccc(Br)cc2F)ccc1-c1cnc(-c2cccc(C(F)(F)F)c2)[nH]1. The molecule has 0 atom stereocenters. The summed E-state index contributed by atoms with van der Waals surface area (Å²) in [5.41, 5.74) is 1.17. The van der Waals surface area contributed by atoms with Gasteiger partial charge in [-0.3, -0.25) is 0 Å². The molecular formula is C24H17BrF4N2O2. The third-order valence-corrected chi connectivity index (χ3v) is 5.41. The van der Waals surface area contributed by atoms with Gasteiger partial charge in [0.25, 0.3) is 0 Å². The summed E-state index contributed by atoms with van der Waals surface area (Å²) in [5, 5.41) is 0. The Kier molecular flexibility index (Phi) is 6.42. The van der Waals surface area contributed by atoms with E-state index < -0.39 is 11.7 Å². The van der Waals surface area contributed by atoms with Crippen LogP contribution in [0, 0.1) is 5.82 Å². The Labute approximate surface area is 195 Å². The van der Waals surface area contributed by atoms with Crippen molar-refractivity contribution < 1.29 is 27.0 Å². The van der Waals surface area contributed by atoms with Crippen molar-refractivity contribution in [3.05, 3.63) is 88.3 Å². The van der Waals surface area contributed by atoms with Gasteiger partial charge < -0.3 is 14.5 Å². The molecule has 0 amide bonds. The Morgan fingerprint density at radius 1 is 1.03 bits per heavy atom. The van der Waals surface area contributed by atoms with Crippen LogP contribution in [0.3, 0.4) is 0 Å². The highest BCUT2D eigenvalue weighted by molar-refractivity contribution is 9.10. The lowest BCUT2D eigenvalue weighted by atomic mass is 10.1. The molecule has 33 heavy (non-hydrogen) atoms. The number of rotatable bonds is 6. The summed E-state index contributed by atoms with van der Waals surface area (Å²) >= 11 is 3.21. The van der Waals surface area contributed by atoms with Crippen molar-refractivity contribution in [2.75, 3.05) is 7.11 Å². The standard InChI is InChI=1S/C24H17BrF4N2O2/c1-32-22-11-18(33-13-15-5-6-17(25)10-20(15)26)7-8-19(22)21-12-30-23(31-21)14-3-2-4-16(9-14)24(27,28)29/h2-12H,13H2,1H3,(H,30,31). The van der Waals surface area contributed by atoms with E-state index in [1.54, 1.807) is 36.4 Å². The smallest absolute Gasteiger partial charge is 0.416 e. The molecule has 1 N–H and O–H groups in total. The average molecular weight is 521 g/mol. The average Bonchev–Trinajstić information content (AvgIpc) is 3.28. The molecular weight excluding hydrogens is 504 g/mol. The van der Waals surface area contributed by atoms with Crippen LogP contribution >= 0.6 is 15.9 Å². The number of benzene rings is 3. The number of nitrogens with zero attached hydrogens (tertiary/aromatic N) is 1. The number of aromatic amines is 1. The first kappa shape index (κ1) is 22.8. The third kappa shape index (κ3) is 5.19. The number of aromatic nitrogens is 2. The number of hydrogen-bond acceptors (Lipinski definition) is 3. The minimum atomic E-state index is -4.44. The zero-order valence-corrected chi connectivity index (χ0v) is 18.8. The maximum Gasteiger partial charge on any atom is 0.416 e. The summed E-state index contributed by atoms with van der Waals surface area (Å²) in [6.45, 7) is 0.0331. The van der Waals surface area contributed by atoms with Crippen LogP contribution in [0.2, 0.25) is 0 Å². The van der Waals surface area contributed by atoms with Crippen LogP contribution in [0.1, 0.15) is 11.1 Å². The molecule has 1 aromatic heterocycles. The quantitative estimate of drug-likeness (QED) is 0.272. The number of H-pyrrole nitrogens is 1. The molecule has 0 fully saturated rings. The maximum absolute atomic E-state index is 14.0. The monoisotopic (exact) mass is 520 g/mol. The molecule has 0 aliphatic heterocycles. The number of hydrogen-bond donors (Lipinski definition) is 1. The Morgan fingerprint density at radius 3 is 2.58 bits per heavy atom. The molecule has 9 heteroatoms. The van der Waals surface area contributed by atoms with Gasteiger partial charge in [0.1, 0.15) is 29.7 Å². The summed E-state index contributed by atoms with van der Waals surface area (Å²) in [6.07, 6.45) is -2.92. The minimum Gasteiger partial charge on any atom is -0.496 e. The molecule has 0 radical (unpaired) electrons. The second kappa shape index (κ2) is 9.27. The van der Waals surface area contributed by atoms with Crippen molar-refractivity contribution in [1.29, 1.82) is 0 Å². The fraction of sp³-hybridized carbons (Fsp3) is 0.125. The lowest BCUT2D eigenvalue weighted by Gasteiger charge is -2.12. The predicted octanol–water partition coefficient (Wildman–Crippen LogP) is 7.25. The lowest BCUT2D eigenvalue weighted by molar-refractivity contribution is -0.137. The zero-order valence-electron chi connectivity index (χ0n) is 17.2. The topological polar surface area (TPSA) is 47.1 Å². The first-order chi connectivity index (χ1) is 15.7. The molecule has 170 valence electrons. The van der Waals surface area contributed by atoms with Crippen molar-refractivity contribution in [1.82, 2.24) is 9.97 Å². The van der Waals surface area contributed by atoms with Gasteiger partial charge in [-0.1, -0.05) is 34.1 Å². The van der Waals surface area contributed by atoms with E-state index in [9.17, 15) is 17.6 Å². The van der Waals surface area contributed by atoms with Crippen molar-refractivity contribution in [2.45, 2.75) is 12.8 Å². The van der Waals surface area contributed by atoms with E-state index in [1.165, 1.54) is 25.4 Å². The Bertz CT molecular complexity index is 1290. The van der Waals surface area contributed by atoms with Gasteiger partial charge in [-0.2, -0.15) is 13.2 Å². The van der Waals surface area contributed by atoms with E-state index in [0.717, 1.165) is 12.1 Å². The van der Waals surface area contributed by atoms with Gasteiger partial charge >= 0.3 is 6.18 Å². The van der Waals surface area contributed by atoms with E-state index in [4.69, 9.17) is 9.47 Å². The number of imidazole rings is 1. The Balaban J connectivity index is 1.56. The van der Waals surface area contributed by atoms with Gasteiger partial charge in [0.15, 0.2) is 0 Å². The number of ether oxygens (including phenoxy) is 2. The Hall–Kier alpha value is -3.33. The van der Waals surface area contributed by atoms with E-state index >= 15 is 0 Å². The molecule has 3 aromatic carbocycles. The number of halogens is 5. The fourth-order valence-corrected chi connectivity index (χ4v) is 3.56. The molecule has 0 spiro atoms. The highest BCUT2D eigenvalue weighted by Gasteiger charge is 2.30. The van der Waals surface area contributed by atoms with Crippen LogP contribution in [-0.2, 0) is 12.8 Å². The first-order valence-electron chi connectivity index (χ1n) is 9.72. The summed E-state index contributed by atoms with van der Waals surface area (Å²) in [6, 6.07) is 14.7. The molecule has 4 rings (SSSR count). The molecule has 1 heterocycles. The highest BCUT2D eigenvalue weighted by atomic mass is 79.9. The molecule has 0 saturated heterocycles. The van der Waals surface area contributed by atoms with Gasteiger partial charge in [-0.15, -0.1) is 0 Å². The molecule has 0 aliphatic carbocycles. The first-order valence-corrected chi connectivity index (χ1v) is 10.5. The maximum atomic E-state index is 14.0. The van der Waals surface area contributed by atoms with Crippen molar-refractivity contribution in [3.8, 4) is 34.1 Å². The number of methoxy groups -OCH3 is 1. The third-order valence-electron chi connectivity index (χ3n) is 4.91. The predicted molar refractivity (Wildman–Crippen MR) is 119 cm³/mol. The van der Waals surface area contributed by atoms with Gasteiger partial charge in [-0.05, 0) is 36.4 Å². The van der Waals surface area contributed by atoms with E-state index in [0.29, 0.717) is 44.2 Å².